The van der Waals surface area contributed by atoms with E-state index in [0.29, 0.717) is 18.9 Å². The number of carbonyl (C=O) groups is 1. The first-order valence-electron chi connectivity index (χ1n) is 7.93. The Labute approximate surface area is 121 Å². The van der Waals surface area contributed by atoms with Crippen LogP contribution in [0.4, 0.5) is 0 Å². The summed E-state index contributed by atoms with van der Waals surface area (Å²) in [6.07, 6.45) is 10.8. The molecule has 1 saturated carbocycles. The van der Waals surface area contributed by atoms with E-state index < -0.39 is 0 Å². The van der Waals surface area contributed by atoms with Gasteiger partial charge in [-0.15, -0.1) is 0 Å². The van der Waals surface area contributed by atoms with Gasteiger partial charge in [0.25, 0.3) is 0 Å². The fourth-order valence-corrected chi connectivity index (χ4v) is 3.00. The molecule has 1 aromatic rings. The van der Waals surface area contributed by atoms with Crippen molar-refractivity contribution >= 4 is 5.91 Å². The monoisotopic (exact) mass is 277 g/mol. The molecule has 0 spiro atoms. The maximum atomic E-state index is 11.8. The Morgan fingerprint density at radius 2 is 2.05 bits per heavy atom. The summed E-state index contributed by atoms with van der Waals surface area (Å²) in [5, 5.41) is 7.27. The van der Waals surface area contributed by atoms with Gasteiger partial charge in [0.15, 0.2) is 0 Å². The first kappa shape index (κ1) is 15.1. The third-order valence-corrected chi connectivity index (χ3v) is 4.46. The Balaban J connectivity index is 1.60. The molecule has 0 aliphatic heterocycles. The minimum atomic E-state index is 0.149. The summed E-state index contributed by atoms with van der Waals surface area (Å²) < 4.78 is 1.83. The number of rotatable bonds is 6. The van der Waals surface area contributed by atoms with E-state index in [-0.39, 0.29) is 5.91 Å². The summed E-state index contributed by atoms with van der Waals surface area (Å²) in [6, 6.07) is 0. The first-order valence-corrected chi connectivity index (χ1v) is 7.93. The second kappa shape index (κ2) is 7.46. The molecule has 1 aliphatic carbocycles. The normalized spacial score (nSPS) is 22.7. The Kier molecular flexibility index (Phi) is 5.62. The number of hydrogen-bond donors (Lipinski definition) is 1. The van der Waals surface area contributed by atoms with Crippen molar-refractivity contribution in [3.8, 4) is 0 Å². The number of hydrogen-bond acceptors (Lipinski definition) is 2. The van der Waals surface area contributed by atoms with Gasteiger partial charge in [-0.3, -0.25) is 9.48 Å². The van der Waals surface area contributed by atoms with Gasteiger partial charge in [0.1, 0.15) is 0 Å². The zero-order valence-corrected chi connectivity index (χ0v) is 12.8. The molecule has 0 aromatic carbocycles. The Hall–Kier alpha value is -1.32. The summed E-state index contributed by atoms with van der Waals surface area (Å²) in [7, 11) is 0. The van der Waals surface area contributed by atoms with Crippen LogP contribution in [0.1, 0.15) is 51.0 Å². The molecule has 1 N–H and O–H groups in total. The molecule has 2 rings (SSSR count). The molecule has 1 fully saturated rings. The maximum Gasteiger partial charge on any atom is 0.221 e. The van der Waals surface area contributed by atoms with Gasteiger partial charge in [0, 0.05) is 25.7 Å². The highest BCUT2D eigenvalue weighted by molar-refractivity contribution is 5.75. The molecular formula is C16H27N3O. The van der Waals surface area contributed by atoms with Crippen LogP contribution >= 0.6 is 0 Å². The van der Waals surface area contributed by atoms with Crippen LogP contribution in [-0.4, -0.2) is 22.2 Å². The van der Waals surface area contributed by atoms with E-state index in [1.54, 1.807) is 0 Å². The van der Waals surface area contributed by atoms with Crippen LogP contribution in [0.25, 0.3) is 0 Å². The molecule has 0 radical (unpaired) electrons. The lowest BCUT2D eigenvalue weighted by atomic mass is 9.81. The summed E-state index contributed by atoms with van der Waals surface area (Å²) >= 11 is 0. The van der Waals surface area contributed by atoms with Gasteiger partial charge < -0.3 is 5.32 Å². The molecule has 1 aromatic heterocycles. The molecular weight excluding hydrogens is 250 g/mol. The van der Waals surface area contributed by atoms with Crippen molar-refractivity contribution in [2.24, 2.45) is 11.8 Å². The number of amides is 1. The molecule has 1 heterocycles. The van der Waals surface area contributed by atoms with Gasteiger partial charge >= 0.3 is 0 Å². The van der Waals surface area contributed by atoms with Gasteiger partial charge in [-0.2, -0.15) is 5.10 Å². The second-order valence-electron chi connectivity index (χ2n) is 6.13. The number of nitrogens with one attached hydrogen (secondary N) is 1. The van der Waals surface area contributed by atoms with Crippen LogP contribution in [0.2, 0.25) is 0 Å². The van der Waals surface area contributed by atoms with Gasteiger partial charge in [-0.05, 0) is 37.2 Å². The standard InChI is InChI=1S/C16H27N3O/c1-3-14-4-6-15(7-5-14)11-17-16(20)8-9-19-12-13(2)10-18-19/h10,12,14-15H,3-9,11H2,1-2H3,(H,17,20). The lowest BCUT2D eigenvalue weighted by Gasteiger charge is -2.27. The average molecular weight is 277 g/mol. The van der Waals surface area contributed by atoms with Crippen molar-refractivity contribution in [3.63, 3.8) is 0 Å². The molecule has 4 heteroatoms. The topological polar surface area (TPSA) is 46.9 Å². The predicted octanol–water partition coefficient (Wildman–Crippen LogP) is 2.91. The van der Waals surface area contributed by atoms with Gasteiger partial charge in [0.05, 0.1) is 6.20 Å². The van der Waals surface area contributed by atoms with Crippen LogP contribution in [0.15, 0.2) is 12.4 Å². The van der Waals surface area contributed by atoms with Crippen LogP contribution in [0, 0.1) is 18.8 Å². The summed E-state index contributed by atoms with van der Waals surface area (Å²) in [6.45, 7) is 5.82. The highest BCUT2D eigenvalue weighted by Crippen LogP contribution is 2.30. The minimum Gasteiger partial charge on any atom is -0.356 e. The van der Waals surface area contributed by atoms with Crippen LogP contribution in [0.5, 0.6) is 0 Å². The zero-order valence-electron chi connectivity index (χ0n) is 12.8. The van der Waals surface area contributed by atoms with Gasteiger partial charge in [-0.1, -0.05) is 26.2 Å². The van der Waals surface area contributed by atoms with Crippen LogP contribution in [-0.2, 0) is 11.3 Å². The van der Waals surface area contributed by atoms with Gasteiger partial charge in [-0.25, -0.2) is 0 Å². The van der Waals surface area contributed by atoms with E-state index in [2.05, 4.69) is 17.3 Å². The fourth-order valence-electron chi connectivity index (χ4n) is 3.00. The summed E-state index contributed by atoms with van der Waals surface area (Å²) in [5.74, 6) is 1.76. The lowest BCUT2D eigenvalue weighted by molar-refractivity contribution is -0.121. The third kappa shape index (κ3) is 4.66. The lowest BCUT2D eigenvalue weighted by Crippen LogP contribution is -2.31. The smallest absolute Gasteiger partial charge is 0.221 e. The average Bonchev–Trinajstić information content (AvgIpc) is 2.89. The molecule has 0 unspecified atom stereocenters. The van der Waals surface area contributed by atoms with E-state index in [4.69, 9.17) is 0 Å². The van der Waals surface area contributed by atoms with Crippen molar-refractivity contribution in [2.45, 2.75) is 58.9 Å². The Morgan fingerprint density at radius 3 is 2.65 bits per heavy atom. The highest BCUT2D eigenvalue weighted by Gasteiger charge is 2.20. The molecule has 4 nitrogen and oxygen atoms in total. The molecule has 0 saturated heterocycles. The van der Waals surface area contributed by atoms with E-state index in [0.717, 1.165) is 18.0 Å². The number of carbonyl (C=O) groups excluding carboxylic acids is 1. The van der Waals surface area contributed by atoms with E-state index in [9.17, 15) is 4.79 Å². The maximum absolute atomic E-state index is 11.8. The van der Waals surface area contributed by atoms with Gasteiger partial charge in [0.2, 0.25) is 5.91 Å². The highest BCUT2D eigenvalue weighted by atomic mass is 16.1. The van der Waals surface area contributed by atoms with Crippen molar-refractivity contribution < 1.29 is 4.79 Å². The van der Waals surface area contributed by atoms with E-state index >= 15 is 0 Å². The second-order valence-corrected chi connectivity index (χ2v) is 6.13. The molecule has 0 bridgehead atoms. The van der Waals surface area contributed by atoms with Crippen LogP contribution in [0.3, 0.4) is 0 Å². The van der Waals surface area contributed by atoms with E-state index in [1.807, 2.05) is 24.0 Å². The largest absolute Gasteiger partial charge is 0.356 e. The van der Waals surface area contributed by atoms with Crippen molar-refractivity contribution in [2.75, 3.05) is 6.54 Å². The predicted molar refractivity (Wildman–Crippen MR) is 80.3 cm³/mol. The molecule has 1 aliphatic rings. The third-order valence-electron chi connectivity index (χ3n) is 4.46. The Morgan fingerprint density at radius 1 is 1.35 bits per heavy atom. The SMILES string of the molecule is CCC1CCC(CNC(=O)CCn2cc(C)cn2)CC1. The fraction of sp³-hybridized carbons (Fsp3) is 0.750. The van der Waals surface area contributed by atoms with Crippen molar-refractivity contribution in [3.05, 3.63) is 18.0 Å². The van der Waals surface area contributed by atoms with Crippen LogP contribution < -0.4 is 5.32 Å². The minimum absolute atomic E-state index is 0.149. The number of nitrogens with zero attached hydrogens (tertiary/aromatic N) is 2. The zero-order chi connectivity index (χ0) is 14.4. The summed E-state index contributed by atoms with van der Waals surface area (Å²) in [5.41, 5.74) is 1.14. The Bertz CT molecular complexity index is 419. The first-order chi connectivity index (χ1) is 9.67. The number of aryl methyl sites for hydroxylation is 2. The summed E-state index contributed by atoms with van der Waals surface area (Å²) in [4.78, 5) is 11.8. The van der Waals surface area contributed by atoms with Crippen molar-refractivity contribution in [1.29, 1.82) is 0 Å². The molecule has 0 atom stereocenters. The molecule has 1 amide bonds. The molecule has 112 valence electrons. The van der Waals surface area contributed by atoms with Crippen molar-refractivity contribution in [1.82, 2.24) is 15.1 Å². The quantitative estimate of drug-likeness (QED) is 0.869. The molecule has 20 heavy (non-hydrogen) atoms. The van der Waals surface area contributed by atoms with E-state index in [1.165, 1.54) is 32.1 Å². The number of aromatic nitrogens is 2.